The molecule has 2 aromatic rings. The molecule has 0 spiro atoms. The van der Waals surface area contributed by atoms with E-state index in [0.717, 1.165) is 5.39 Å². The number of hydrogen-bond donors (Lipinski definition) is 3. The summed E-state index contributed by atoms with van der Waals surface area (Å²) in [5.41, 5.74) is 0.293. The fourth-order valence-electron chi connectivity index (χ4n) is 1.46. The van der Waals surface area contributed by atoms with Crippen LogP contribution in [0.5, 0.6) is 5.75 Å². The van der Waals surface area contributed by atoms with E-state index in [2.05, 4.69) is 0 Å². The second-order valence-electron chi connectivity index (χ2n) is 3.13. The molecule has 2 rings (SSSR count). The van der Waals surface area contributed by atoms with E-state index >= 15 is 0 Å². The summed E-state index contributed by atoms with van der Waals surface area (Å²) in [5.74, 6) is 0.0613. The minimum Gasteiger partial charge on any atom is -0.507 e. The number of phenols is 1. The molecule has 0 radical (unpaired) electrons. The Labute approximate surface area is 81.4 Å². The Morgan fingerprint density at radius 1 is 1.00 bits per heavy atom. The zero-order valence-electron chi connectivity index (χ0n) is 7.38. The largest absolute Gasteiger partial charge is 0.507 e. The van der Waals surface area contributed by atoms with Crippen molar-refractivity contribution in [1.82, 2.24) is 0 Å². The van der Waals surface area contributed by atoms with Gasteiger partial charge in [-0.15, -0.1) is 0 Å². The van der Waals surface area contributed by atoms with Crippen LogP contribution in [-0.2, 0) is 0 Å². The molecule has 0 aromatic heterocycles. The maximum absolute atomic E-state index is 9.58. The second kappa shape index (κ2) is 3.33. The van der Waals surface area contributed by atoms with Gasteiger partial charge in [-0.1, -0.05) is 30.3 Å². The Hall–Kier alpha value is -1.52. The lowest BCUT2D eigenvalue weighted by Gasteiger charge is -2.04. The van der Waals surface area contributed by atoms with Crippen molar-refractivity contribution in [2.24, 2.45) is 0 Å². The van der Waals surface area contributed by atoms with Crippen molar-refractivity contribution in [2.45, 2.75) is 0 Å². The molecule has 14 heavy (non-hydrogen) atoms. The van der Waals surface area contributed by atoms with Gasteiger partial charge >= 0.3 is 7.12 Å². The zero-order valence-corrected chi connectivity index (χ0v) is 7.38. The van der Waals surface area contributed by atoms with Crippen LogP contribution in [0.4, 0.5) is 0 Å². The molecule has 0 saturated carbocycles. The van der Waals surface area contributed by atoms with Crippen LogP contribution in [-0.4, -0.2) is 22.3 Å². The molecule has 2 aromatic carbocycles. The molecule has 0 atom stereocenters. The van der Waals surface area contributed by atoms with E-state index in [1.807, 2.05) is 12.1 Å². The van der Waals surface area contributed by atoms with Crippen molar-refractivity contribution in [3.63, 3.8) is 0 Å². The number of rotatable bonds is 1. The van der Waals surface area contributed by atoms with Gasteiger partial charge in [0.1, 0.15) is 5.75 Å². The first-order valence-corrected chi connectivity index (χ1v) is 4.26. The molecule has 0 heterocycles. The molecule has 0 aliphatic heterocycles. The highest BCUT2D eigenvalue weighted by molar-refractivity contribution is 6.59. The lowest BCUT2D eigenvalue weighted by Crippen LogP contribution is -2.29. The molecule has 0 aliphatic rings. The summed E-state index contributed by atoms with van der Waals surface area (Å²) in [6, 6.07) is 10.2. The third-order valence-corrected chi connectivity index (χ3v) is 2.16. The van der Waals surface area contributed by atoms with E-state index in [0.29, 0.717) is 10.8 Å². The van der Waals surface area contributed by atoms with Crippen LogP contribution in [0, 0.1) is 0 Å². The molecule has 3 nitrogen and oxygen atoms in total. The van der Waals surface area contributed by atoms with E-state index in [4.69, 9.17) is 10.0 Å². The molecular weight excluding hydrogens is 179 g/mol. The number of hydrogen-bond acceptors (Lipinski definition) is 3. The summed E-state index contributed by atoms with van der Waals surface area (Å²) in [5, 5.41) is 29.0. The summed E-state index contributed by atoms with van der Waals surface area (Å²) >= 11 is 0. The van der Waals surface area contributed by atoms with Gasteiger partial charge in [-0.3, -0.25) is 0 Å². The summed E-state index contributed by atoms with van der Waals surface area (Å²) < 4.78 is 0. The molecule has 0 amide bonds. The van der Waals surface area contributed by atoms with Crippen molar-refractivity contribution in [2.75, 3.05) is 0 Å². The second-order valence-corrected chi connectivity index (χ2v) is 3.13. The van der Waals surface area contributed by atoms with Crippen LogP contribution < -0.4 is 5.46 Å². The number of phenolic OH excluding ortho intramolecular Hbond substituents is 1. The molecule has 0 unspecified atom stereocenters. The first kappa shape index (κ1) is 9.06. The van der Waals surface area contributed by atoms with E-state index in [1.54, 1.807) is 18.2 Å². The van der Waals surface area contributed by atoms with Crippen LogP contribution in [0.25, 0.3) is 10.8 Å². The van der Waals surface area contributed by atoms with E-state index in [-0.39, 0.29) is 5.75 Å². The van der Waals surface area contributed by atoms with E-state index in [9.17, 15) is 5.11 Å². The van der Waals surface area contributed by atoms with Crippen molar-refractivity contribution >= 4 is 23.4 Å². The lowest BCUT2D eigenvalue weighted by molar-refractivity contribution is 0.425. The molecule has 0 saturated heterocycles. The van der Waals surface area contributed by atoms with Crippen molar-refractivity contribution in [3.05, 3.63) is 36.4 Å². The van der Waals surface area contributed by atoms with Crippen molar-refractivity contribution in [1.29, 1.82) is 0 Å². The quantitative estimate of drug-likeness (QED) is 0.561. The predicted molar refractivity (Wildman–Crippen MR) is 55.4 cm³/mol. The fourth-order valence-corrected chi connectivity index (χ4v) is 1.46. The van der Waals surface area contributed by atoms with Crippen LogP contribution in [0.3, 0.4) is 0 Å². The Balaban J connectivity index is 2.72. The van der Waals surface area contributed by atoms with Gasteiger partial charge in [-0.05, 0) is 16.9 Å². The van der Waals surface area contributed by atoms with Gasteiger partial charge < -0.3 is 15.2 Å². The van der Waals surface area contributed by atoms with Crippen molar-refractivity contribution < 1.29 is 15.2 Å². The fraction of sp³-hybridized carbons (Fsp3) is 0. The van der Waals surface area contributed by atoms with Crippen LogP contribution in [0.1, 0.15) is 0 Å². The maximum Gasteiger partial charge on any atom is 0.488 e. The summed E-state index contributed by atoms with van der Waals surface area (Å²) in [6.07, 6.45) is 0. The molecule has 0 fully saturated rings. The van der Waals surface area contributed by atoms with Crippen LogP contribution in [0.15, 0.2) is 36.4 Å². The molecule has 0 bridgehead atoms. The Bertz CT molecular complexity index is 468. The summed E-state index contributed by atoms with van der Waals surface area (Å²) in [7, 11) is -1.55. The van der Waals surface area contributed by atoms with Gasteiger partial charge in [0.15, 0.2) is 0 Å². The topological polar surface area (TPSA) is 60.7 Å². The van der Waals surface area contributed by atoms with Crippen LogP contribution >= 0.6 is 0 Å². The van der Waals surface area contributed by atoms with Crippen LogP contribution in [0.2, 0.25) is 0 Å². The first-order valence-electron chi connectivity index (χ1n) is 4.26. The SMILES string of the molecule is OB(O)c1cc(O)c2ccccc2c1. The highest BCUT2D eigenvalue weighted by atomic mass is 16.4. The average Bonchev–Trinajstić information content (AvgIpc) is 2.17. The lowest BCUT2D eigenvalue weighted by atomic mass is 9.79. The Morgan fingerprint density at radius 2 is 1.71 bits per heavy atom. The maximum atomic E-state index is 9.58. The molecular formula is C10H9BO3. The molecule has 4 heteroatoms. The predicted octanol–water partition coefficient (Wildman–Crippen LogP) is 0.225. The minimum atomic E-state index is -1.55. The Kier molecular flexibility index (Phi) is 2.15. The normalized spacial score (nSPS) is 10.4. The Morgan fingerprint density at radius 3 is 2.43 bits per heavy atom. The van der Waals surface area contributed by atoms with Gasteiger partial charge in [0.05, 0.1) is 0 Å². The average molecular weight is 188 g/mol. The highest BCUT2D eigenvalue weighted by Crippen LogP contribution is 2.22. The van der Waals surface area contributed by atoms with Crippen molar-refractivity contribution in [3.8, 4) is 5.75 Å². The van der Waals surface area contributed by atoms with Gasteiger partial charge in [0.25, 0.3) is 0 Å². The molecule has 0 aliphatic carbocycles. The first-order chi connectivity index (χ1) is 6.68. The van der Waals surface area contributed by atoms with Gasteiger partial charge in [-0.25, -0.2) is 0 Å². The molecule has 3 N–H and O–H groups in total. The van der Waals surface area contributed by atoms with Gasteiger partial charge in [0.2, 0.25) is 0 Å². The van der Waals surface area contributed by atoms with E-state index < -0.39 is 7.12 Å². The third-order valence-electron chi connectivity index (χ3n) is 2.16. The standard InChI is InChI=1S/C10H9BO3/c12-10-6-8(11(13)14)5-7-3-1-2-4-9(7)10/h1-6,12-14H. The molecule has 70 valence electrons. The minimum absolute atomic E-state index is 0.0613. The summed E-state index contributed by atoms with van der Waals surface area (Å²) in [4.78, 5) is 0. The van der Waals surface area contributed by atoms with Gasteiger partial charge in [-0.2, -0.15) is 0 Å². The van der Waals surface area contributed by atoms with E-state index in [1.165, 1.54) is 6.07 Å². The zero-order chi connectivity index (χ0) is 10.1. The number of benzene rings is 2. The van der Waals surface area contributed by atoms with Gasteiger partial charge in [0, 0.05) is 5.39 Å². The number of aromatic hydroxyl groups is 1. The monoisotopic (exact) mass is 188 g/mol. The summed E-state index contributed by atoms with van der Waals surface area (Å²) in [6.45, 7) is 0. The third kappa shape index (κ3) is 1.45. The highest BCUT2D eigenvalue weighted by Gasteiger charge is 2.13. The number of fused-ring (bicyclic) bond motifs is 1. The smallest absolute Gasteiger partial charge is 0.488 e.